The van der Waals surface area contributed by atoms with Gasteiger partial charge in [0.05, 0.1) is 19.8 Å². The fraction of sp³-hybridized carbons (Fsp3) is 0.462. The Kier molecular flexibility index (Phi) is 6.29. The highest BCUT2D eigenvalue weighted by Crippen LogP contribution is 2.13. The van der Waals surface area contributed by atoms with Gasteiger partial charge in [-0.2, -0.15) is 0 Å². The number of carbonyl (C=O) groups is 1. The van der Waals surface area contributed by atoms with Crippen LogP contribution in [0.1, 0.15) is 17.3 Å². The molecule has 0 aliphatic rings. The summed E-state index contributed by atoms with van der Waals surface area (Å²) in [5.74, 6) is 0.651. The minimum absolute atomic E-state index is 0.0531. The van der Waals surface area contributed by atoms with Crippen molar-refractivity contribution in [2.45, 2.75) is 6.92 Å². The lowest BCUT2D eigenvalue weighted by Gasteiger charge is -2.06. The first-order valence-corrected chi connectivity index (χ1v) is 5.60. The molecular formula is C13H18O4. The summed E-state index contributed by atoms with van der Waals surface area (Å²) >= 11 is 0. The molecule has 0 heterocycles. The van der Waals surface area contributed by atoms with Gasteiger partial charge in [-0.25, -0.2) is 0 Å². The quantitative estimate of drug-likeness (QED) is 0.513. The fourth-order valence-electron chi connectivity index (χ4n) is 1.32. The van der Waals surface area contributed by atoms with Crippen molar-refractivity contribution in [3.05, 3.63) is 29.8 Å². The minimum Gasteiger partial charge on any atom is -0.494 e. The van der Waals surface area contributed by atoms with E-state index in [9.17, 15) is 4.79 Å². The molecule has 0 saturated heterocycles. The van der Waals surface area contributed by atoms with E-state index in [1.807, 2.05) is 13.0 Å². The van der Waals surface area contributed by atoms with Gasteiger partial charge in [0, 0.05) is 12.7 Å². The second-order valence-electron chi connectivity index (χ2n) is 3.43. The van der Waals surface area contributed by atoms with Crippen LogP contribution in [0.4, 0.5) is 0 Å². The minimum atomic E-state index is -0.0531. The first kappa shape index (κ1) is 13.7. The van der Waals surface area contributed by atoms with Crippen molar-refractivity contribution in [3.63, 3.8) is 0 Å². The van der Waals surface area contributed by atoms with Gasteiger partial charge >= 0.3 is 0 Å². The van der Waals surface area contributed by atoms with Crippen molar-refractivity contribution in [2.75, 3.05) is 33.5 Å². The molecule has 94 valence electrons. The Morgan fingerprint density at radius 3 is 2.82 bits per heavy atom. The highest BCUT2D eigenvalue weighted by molar-refractivity contribution is 5.97. The molecule has 0 unspecified atom stereocenters. The molecule has 0 aliphatic heterocycles. The lowest BCUT2D eigenvalue weighted by molar-refractivity contribution is 0.0576. The van der Waals surface area contributed by atoms with Gasteiger partial charge in [0.25, 0.3) is 0 Å². The van der Waals surface area contributed by atoms with Crippen LogP contribution < -0.4 is 4.74 Å². The van der Waals surface area contributed by atoms with E-state index in [2.05, 4.69) is 0 Å². The molecule has 0 amide bonds. The topological polar surface area (TPSA) is 44.8 Å². The van der Waals surface area contributed by atoms with E-state index >= 15 is 0 Å². The van der Waals surface area contributed by atoms with Gasteiger partial charge in [-0.15, -0.1) is 0 Å². The molecule has 0 aliphatic carbocycles. The number of hydrogen-bond acceptors (Lipinski definition) is 4. The molecule has 17 heavy (non-hydrogen) atoms. The molecule has 4 heteroatoms. The first-order chi connectivity index (χ1) is 8.27. The number of Topliss-reactive ketones (excluding diaryl/α,β-unsaturated/α-hetero) is 1. The van der Waals surface area contributed by atoms with Gasteiger partial charge in [0.2, 0.25) is 0 Å². The lowest BCUT2D eigenvalue weighted by atomic mass is 10.1. The van der Waals surface area contributed by atoms with Crippen LogP contribution in [0.2, 0.25) is 0 Å². The van der Waals surface area contributed by atoms with Gasteiger partial charge in [-0.3, -0.25) is 4.79 Å². The number of ketones is 1. The Morgan fingerprint density at radius 1 is 1.29 bits per heavy atom. The maximum absolute atomic E-state index is 11.7. The Balaban J connectivity index is 2.47. The maximum atomic E-state index is 11.7. The Morgan fingerprint density at radius 2 is 2.12 bits per heavy atom. The van der Waals surface area contributed by atoms with Crippen LogP contribution in [0.25, 0.3) is 0 Å². The maximum Gasteiger partial charge on any atom is 0.188 e. The van der Waals surface area contributed by atoms with Crippen LogP contribution in [-0.2, 0) is 9.47 Å². The zero-order chi connectivity index (χ0) is 12.5. The molecule has 0 atom stereocenters. The van der Waals surface area contributed by atoms with Gasteiger partial charge in [-0.1, -0.05) is 12.1 Å². The molecule has 0 bridgehead atoms. The van der Waals surface area contributed by atoms with Crippen molar-refractivity contribution in [1.29, 1.82) is 0 Å². The zero-order valence-corrected chi connectivity index (χ0v) is 10.3. The molecule has 1 rings (SSSR count). The second kappa shape index (κ2) is 7.81. The standard InChI is InChI=1S/C13H18O4/c1-3-17-12-6-4-5-11(9-12)13(14)10-16-8-7-15-2/h4-6,9H,3,7-8,10H2,1-2H3. The van der Waals surface area contributed by atoms with Gasteiger partial charge in [-0.05, 0) is 19.1 Å². The summed E-state index contributed by atoms with van der Waals surface area (Å²) in [6.45, 7) is 3.48. The average Bonchev–Trinajstić information content (AvgIpc) is 2.35. The van der Waals surface area contributed by atoms with Crippen LogP contribution in [0, 0.1) is 0 Å². The van der Waals surface area contributed by atoms with Crippen molar-refractivity contribution >= 4 is 5.78 Å². The van der Waals surface area contributed by atoms with E-state index in [0.29, 0.717) is 31.1 Å². The summed E-state index contributed by atoms with van der Waals surface area (Å²) in [4.78, 5) is 11.7. The number of ether oxygens (including phenoxy) is 3. The van der Waals surface area contributed by atoms with Crippen molar-refractivity contribution in [3.8, 4) is 5.75 Å². The Hall–Kier alpha value is -1.39. The molecule has 0 saturated carbocycles. The monoisotopic (exact) mass is 238 g/mol. The Bertz CT molecular complexity index is 349. The summed E-state index contributed by atoms with van der Waals surface area (Å²) in [7, 11) is 1.59. The number of carbonyl (C=O) groups excluding carboxylic acids is 1. The lowest BCUT2D eigenvalue weighted by Crippen LogP contribution is -2.12. The molecule has 0 aromatic heterocycles. The van der Waals surface area contributed by atoms with Crippen LogP contribution >= 0.6 is 0 Å². The third-order valence-electron chi connectivity index (χ3n) is 2.13. The smallest absolute Gasteiger partial charge is 0.188 e. The first-order valence-electron chi connectivity index (χ1n) is 5.60. The number of hydrogen-bond donors (Lipinski definition) is 0. The number of benzene rings is 1. The Labute approximate surface area is 101 Å². The van der Waals surface area contributed by atoms with Crippen LogP contribution in [-0.4, -0.2) is 39.3 Å². The third-order valence-corrected chi connectivity index (χ3v) is 2.13. The molecule has 1 aromatic carbocycles. The number of rotatable bonds is 8. The molecule has 1 aromatic rings. The second-order valence-corrected chi connectivity index (χ2v) is 3.43. The summed E-state index contributed by atoms with van der Waals surface area (Å²) in [5, 5.41) is 0. The SMILES string of the molecule is CCOc1cccc(C(=O)COCCOC)c1. The molecule has 0 fully saturated rings. The van der Waals surface area contributed by atoms with Gasteiger partial charge in [0.1, 0.15) is 12.4 Å². The highest BCUT2D eigenvalue weighted by Gasteiger charge is 2.06. The van der Waals surface area contributed by atoms with E-state index in [0.717, 1.165) is 0 Å². The van der Waals surface area contributed by atoms with Crippen molar-refractivity contribution < 1.29 is 19.0 Å². The van der Waals surface area contributed by atoms with E-state index in [1.165, 1.54) is 0 Å². The predicted octanol–water partition coefficient (Wildman–Crippen LogP) is 1.93. The van der Waals surface area contributed by atoms with Crippen molar-refractivity contribution in [2.24, 2.45) is 0 Å². The van der Waals surface area contributed by atoms with Crippen LogP contribution in [0.5, 0.6) is 5.75 Å². The fourth-order valence-corrected chi connectivity index (χ4v) is 1.32. The molecule has 0 spiro atoms. The molecular weight excluding hydrogens is 220 g/mol. The van der Waals surface area contributed by atoms with E-state index < -0.39 is 0 Å². The molecule has 4 nitrogen and oxygen atoms in total. The highest BCUT2D eigenvalue weighted by atomic mass is 16.5. The molecule has 0 radical (unpaired) electrons. The third kappa shape index (κ3) is 4.97. The normalized spacial score (nSPS) is 10.2. The van der Waals surface area contributed by atoms with E-state index in [1.54, 1.807) is 25.3 Å². The summed E-state index contributed by atoms with van der Waals surface area (Å²) in [5.41, 5.74) is 0.605. The van der Waals surface area contributed by atoms with Crippen LogP contribution in [0.15, 0.2) is 24.3 Å². The average molecular weight is 238 g/mol. The number of methoxy groups -OCH3 is 1. The molecule has 0 N–H and O–H groups in total. The summed E-state index contributed by atoms with van der Waals surface area (Å²) in [6.07, 6.45) is 0. The zero-order valence-electron chi connectivity index (χ0n) is 10.3. The van der Waals surface area contributed by atoms with Gasteiger partial charge in [0.15, 0.2) is 5.78 Å². The van der Waals surface area contributed by atoms with Gasteiger partial charge < -0.3 is 14.2 Å². The largest absolute Gasteiger partial charge is 0.494 e. The van der Waals surface area contributed by atoms with E-state index in [4.69, 9.17) is 14.2 Å². The predicted molar refractivity (Wildman–Crippen MR) is 64.6 cm³/mol. The summed E-state index contributed by atoms with van der Waals surface area (Å²) in [6, 6.07) is 7.11. The van der Waals surface area contributed by atoms with Crippen molar-refractivity contribution in [1.82, 2.24) is 0 Å². The summed E-state index contributed by atoms with van der Waals surface area (Å²) < 4.78 is 15.3. The van der Waals surface area contributed by atoms with Crippen LogP contribution in [0.3, 0.4) is 0 Å². The van der Waals surface area contributed by atoms with E-state index in [-0.39, 0.29) is 12.4 Å².